The number of ether oxygens (including phenoxy) is 2. The van der Waals surface area contributed by atoms with Gasteiger partial charge in [-0.15, -0.1) is 11.3 Å². The second kappa shape index (κ2) is 9.48. The smallest absolute Gasteiger partial charge is 0.269 e. The van der Waals surface area contributed by atoms with Crippen molar-refractivity contribution in [3.63, 3.8) is 0 Å². The van der Waals surface area contributed by atoms with Gasteiger partial charge in [0.15, 0.2) is 11.5 Å². The molecule has 7 heteroatoms. The predicted molar refractivity (Wildman–Crippen MR) is 97.7 cm³/mol. The number of rotatable bonds is 7. The minimum absolute atomic E-state index is 0.350. The molecule has 0 saturated heterocycles. The third-order valence-corrected chi connectivity index (χ3v) is 3.97. The topological polar surface area (TPSA) is 76.7 Å². The minimum atomic E-state index is -0.446. The van der Waals surface area contributed by atoms with Gasteiger partial charge in [0.05, 0.1) is 13.7 Å². The molecule has 2 rings (SSSR count). The van der Waals surface area contributed by atoms with Gasteiger partial charge in [-0.1, -0.05) is 13.0 Å². The summed E-state index contributed by atoms with van der Waals surface area (Å²) in [5, 5.41) is 1.92. The van der Waals surface area contributed by atoms with E-state index >= 15 is 0 Å². The van der Waals surface area contributed by atoms with Gasteiger partial charge in [-0.25, -0.2) is 0 Å². The van der Waals surface area contributed by atoms with Crippen molar-refractivity contribution in [2.24, 2.45) is 0 Å². The van der Waals surface area contributed by atoms with Crippen LogP contribution in [0.2, 0.25) is 0 Å². The molecule has 132 valence electrons. The third-order valence-electron chi connectivity index (χ3n) is 3.13. The SMILES string of the molecule is CCCOc1ccc(C(=O)NNC(=O)/C=C/c2cccs2)cc1OC. The molecule has 2 N–H and O–H groups in total. The highest BCUT2D eigenvalue weighted by Crippen LogP contribution is 2.28. The van der Waals surface area contributed by atoms with E-state index in [2.05, 4.69) is 10.9 Å². The fourth-order valence-corrected chi connectivity index (χ4v) is 2.53. The van der Waals surface area contributed by atoms with Crippen molar-refractivity contribution in [1.29, 1.82) is 0 Å². The molecule has 2 amide bonds. The van der Waals surface area contributed by atoms with Crippen LogP contribution >= 0.6 is 11.3 Å². The molecule has 0 radical (unpaired) electrons. The fraction of sp³-hybridized carbons (Fsp3) is 0.222. The Hall–Kier alpha value is -2.80. The van der Waals surface area contributed by atoms with Gasteiger partial charge in [0.25, 0.3) is 11.8 Å². The van der Waals surface area contributed by atoms with Crippen LogP contribution in [-0.2, 0) is 4.79 Å². The number of thiophene rings is 1. The number of hydrazine groups is 1. The number of benzene rings is 1. The summed E-state index contributed by atoms with van der Waals surface area (Å²) in [7, 11) is 1.51. The molecule has 2 aromatic rings. The highest BCUT2D eigenvalue weighted by Gasteiger charge is 2.11. The Labute approximate surface area is 150 Å². The predicted octanol–water partition coefficient (Wildman–Crippen LogP) is 3.02. The van der Waals surface area contributed by atoms with E-state index in [1.807, 2.05) is 24.4 Å². The van der Waals surface area contributed by atoms with Crippen molar-refractivity contribution in [3.05, 3.63) is 52.2 Å². The van der Waals surface area contributed by atoms with Crippen LogP contribution < -0.4 is 20.3 Å². The average Bonchev–Trinajstić information content (AvgIpc) is 3.16. The van der Waals surface area contributed by atoms with Crippen LogP contribution in [0.25, 0.3) is 6.08 Å². The Morgan fingerprint density at radius 1 is 1.20 bits per heavy atom. The number of methoxy groups -OCH3 is 1. The van der Waals surface area contributed by atoms with E-state index in [0.717, 1.165) is 11.3 Å². The Kier molecular flexibility index (Phi) is 7.03. The van der Waals surface area contributed by atoms with Gasteiger partial charge < -0.3 is 9.47 Å². The third kappa shape index (κ3) is 5.65. The standard InChI is InChI=1S/C18H20N2O4S/c1-3-10-24-15-8-6-13(12-16(15)23-2)18(22)20-19-17(21)9-7-14-5-4-11-25-14/h4-9,11-12H,3,10H2,1-2H3,(H,19,21)(H,20,22)/b9-7+. The van der Waals surface area contributed by atoms with Gasteiger partial charge in [-0.2, -0.15) is 0 Å². The zero-order chi connectivity index (χ0) is 18.1. The highest BCUT2D eigenvalue weighted by molar-refractivity contribution is 7.10. The maximum Gasteiger partial charge on any atom is 0.269 e. The first kappa shape index (κ1) is 18.5. The van der Waals surface area contributed by atoms with Crippen LogP contribution in [0.3, 0.4) is 0 Å². The Bertz CT molecular complexity index is 742. The summed E-state index contributed by atoms with van der Waals surface area (Å²) in [5.41, 5.74) is 5.05. The molecule has 1 aromatic heterocycles. The van der Waals surface area contributed by atoms with Gasteiger partial charge in [0, 0.05) is 16.5 Å². The van der Waals surface area contributed by atoms with Crippen molar-refractivity contribution in [3.8, 4) is 11.5 Å². The van der Waals surface area contributed by atoms with Crippen LogP contribution in [0.1, 0.15) is 28.6 Å². The average molecular weight is 360 g/mol. The van der Waals surface area contributed by atoms with E-state index in [9.17, 15) is 9.59 Å². The first-order chi connectivity index (χ1) is 12.1. The van der Waals surface area contributed by atoms with Gasteiger partial charge in [-0.3, -0.25) is 20.4 Å². The summed E-state index contributed by atoms with van der Waals surface area (Å²) in [6.07, 6.45) is 3.90. The van der Waals surface area contributed by atoms with E-state index in [-0.39, 0.29) is 0 Å². The van der Waals surface area contributed by atoms with E-state index in [1.165, 1.54) is 24.5 Å². The number of nitrogens with one attached hydrogen (secondary N) is 2. The molecule has 1 aromatic carbocycles. The monoisotopic (exact) mass is 360 g/mol. The molecular formula is C18H20N2O4S. The lowest BCUT2D eigenvalue weighted by Gasteiger charge is -2.11. The molecule has 0 atom stereocenters. The lowest BCUT2D eigenvalue weighted by Crippen LogP contribution is -2.40. The Morgan fingerprint density at radius 3 is 2.72 bits per heavy atom. The lowest BCUT2D eigenvalue weighted by atomic mass is 10.2. The second-order valence-corrected chi connectivity index (χ2v) is 5.99. The van der Waals surface area contributed by atoms with E-state index in [0.29, 0.717) is 23.7 Å². The number of carbonyl (C=O) groups excluding carboxylic acids is 2. The Balaban J connectivity index is 1.92. The maximum absolute atomic E-state index is 12.1. The van der Waals surface area contributed by atoms with Crippen molar-refractivity contribution >= 4 is 29.2 Å². The van der Waals surface area contributed by atoms with Crippen LogP contribution in [0, 0.1) is 0 Å². The Morgan fingerprint density at radius 2 is 2.04 bits per heavy atom. The zero-order valence-corrected chi connectivity index (χ0v) is 14.9. The van der Waals surface area contributed by atoms with Gasteiger partial charge in [-0.05, 0) is 42.1 Å². The summed E-state index contributed by atoms with van der Waals surface area (Å²) in [4.78, 5) is 24.8. The number of hydrogen-bond acceptors (Lipinski definition) is 5. The molecule has 6 nitrogen and oxygen atoms in total. The van der Waals surface area contributed by atoms with Crippen LogP contribution in [0.5, 0.6) is 11.5 Å². The van der Waals surface area contributed by atoms with Crippen LogP contribution in [0.4, 0.5) is 0 Å². The second-order valence-electron chi connectivity index (χ2n) is 5.01. The van der Waals surface area contributed by atoms with Gasteiger partial charge >= 0.3 is 0 Å². The molecule has 0 bridgehead atoms. The molecule has 0 saturated carbocycles. The molecule has 0 aliphatic rings. The number of carbonyl (C=O) groups is 2. The summed E-state index contributed by atoms with van der Waals surface area (Å²) >= 11 is 1.52. The summed E-state index contributed by atoms with van der Waals surface area (Å²) < 4.78 is 10.8. The summed E-state index contributed by atoms with van der Waals surface area (Å²) in [5.74, 6) is 0.170. The fourth-order valence-electron chi connectivity index (χ4n) is 1.92. The van der Waals surface area contributed by atoms with Crippen molar-refractivity contribution in [1.82, 2.24) is 10.9 Å². The largest absolute Gasteiger partial charge is 0.493 e. The van der Waals surface area contributed by atoms with E-state index in [1.54, 1.807) is 24.3 Å². The summed E-state index contributed by atoms with van der Waals surface area (Å²) in [6, 6.07) is 8.62. The first-order valence-electron chi connectivity index (χ1n) is 7.76. The lowest BCUT2D eigenvalue weighted by molar-refractivity contribution is -0.117. The van der Waals surface area contributed by atoms with Crippen LogP contribution in [0.15, 0.2) is 41.8 Å². The van der Waals surface area contributed by atoms with E-state index in [4.69, 9.17) is 9.47 Å². The molecule has 0 spiro atoms. The number of hydrogen-bond donors (Lipinski definition) is 2. The van der Waals surface area contributed by atoms with Crippen molar-refractivity contribution in [2.75, 3.05) is 13.7 Å². The molecule has 1 heterocycles. The molecule has 0 unspecified atom stereocenters. The van der Waals surface area contributed by atoms with E-state index < -0.39 is 11.8 Å². The first-order valence-corrected chi connectivity index (χ1v) is 8.64. The quantitative estimate of drug-likeness (QED) is 0.588. The highest BCUT2D eigenvalue weighted by atomic mass is 32.1. The zero-order valence-electron chi connectivity index (χ0n) is 14.1. The van der Waals surface area contributed by atoms with Gasteiger partial charge in [0.2, 0.25) is 0 Å². The minimum Gasteiger partial charge on any atom is -0.493 e. The normalized spacial score (nSPS) is 10.5. The molecule has 0 aliphatic carbocycles. The molecule has 0 aliphatic heterocycles. The van der Waals surface area contributed by atoms with Crippen molar-refractivity contribution < 1.29 is 19.1 Å². The molecule has 0 fully saturated rings. The van der Waals surface area contributed by atoms with Gasteiger partial charge in [0.1, 0.15) is 0 Å². The van der Waals surface area contributed by atoms with Crippen LogP contribution in [-0.4, -0.2) is 25.5 Å². The summed E-state index contributed by atoms with van der Waals surface area (Å²) in [6.45, 7) is 2.57. The number of amides is 2. The van der Waals surface area contributed by atoms with Crippen molar-refractivity contribution in [2.45, 2.75) is 13.3 Å². The maximum atomic E-state index is 12.1. The molecular weight excluding hydrogens is 340 g/mol. The molecule has 25 heavy (non-hydrogen) atoms.